The first-order valence-corrected chi connectivity index (χ1v) is 8.70. The van der Waals surface area contributed by atoms with E-state index in [0.29, 0.717) is 23.6 Å². The Bertz CT molecular complexity index is 812. The summed E-state index contributed by atoms with van der Waals surface area (Å²) < 4.78 is 5.17. The van der Waals surface area contributed by atoms with E-state index in [-0.39, 0.29) is 51.8 Å². The molecule has 0 radical (unpaired) electrons. The van der Waals surface area contributed by atoms with Crippen LogP contribution >= 0.6 is 23.2 Å². The van der Waals surface area contributed by atoms with Crippen LogP contribution in [-0.2, 0) is 11.2 Å². The third-order valence-corrected chi connectivity index (χ3v) is 4.49. The van der Waals surface area contributed by atoms with Gasteiger partial charge in [-0.2, -0.15) is 0 Å². The summed E-state index contributed by atoms with van der Waals surface area (Å²) in [6.45, 7) is 1.97. The molecule has 1 N–H and O–H groups in total. The maximum atomic E-state index is 12.4. The van der Waals surface area contributed by atoms with E-state index in [4.69, 9.17) is 27.9 Å². The van der Waals surface area contributed by atoms with E-state index in [2.05, 4.69) is 5.32 Å². The topological polar surface area (TPSA) is 78.5 Å². The van der Waals surface area contributed by atoms with Crippen LogP contribution in [0, 0.1) is 0 Å². The van der Waals surface area contributed by atoms with Crippen molar-refractivity contribution in [1.82, 2.24) is 5.32 Å². The van der Waals surface area contributed by atoms with Crippen molar-refractivity contribution >= 4 is 35.1 Å². The van der Waals surface area contributed by atoms with Crippen molar-refractivity contribution in [2.24, 2.45) is 0 Å². The Hall–Kier alpha value is -1.24. The summed E-state index contributed by atoms with van der Waals surface area (Å²) in [7, 11) is 1.43. The third-order valence-electron chi connectivity index (χ3n) is 3.99. The Kier molecular flexibility index (Phi) is 9.63. The number of carbonyl (C=O) groups excluding carboxylic acids is 2. The quantitative estimate of drug-likeness (QED) is 0.634. The van der Waals surface area contributed by atoms with E-state index >= 15 is 0 Å². The minimum atomic E-state index is -1.11. The first-order chi connectivity index (χ1) is 12.3. The Morgan fingerprint density at radius 3 is 2.37 bits per heavy atom. The van der Waals surface area contributed by atoms with Gasteiger partial charge in [0.25, 0.3) is 5.91 Å². The van der Waals surface area contributed by atoms with E-state index < -0.39 is 11.9 Å². The Morgan fingerprint density at radius 1 is 1.19 bits per heavy atom. The average Bonchev–Trinajstić information content (AvgIpc) is 2.61. The number of methoxy groups -OCH3 is 1. The van der Waals surface area contributed by atoms with Crippen molar-refractivity contribution in [2.45, 2.75) is 19.3 Å². The zero-order valence-corrected chi connectivity index (χ0v) is 18.9. The molecule has 138 valence electrons. The van der Waals surface area contributed by atoms with Crippen LogP contribution < -0.4 is 44.7 Å². The smallest absolute Gasteiger partial charge is 0.550 e. The van der Waals surface area contributed by atoms with Crippen LogP contribution in [0.25, 0.3) is 0 Å². The molecule has 1 amide bonds. The fraction of sp³-hybridized carbons (Fsp3) is 0.263. The molecule has 2 aromatic carbocycles. The fourth-order valence-electron chi connectivity index (χ4n) is 2.46. The van der Waals surface area contributed by atoms with Crippen LogP contribution in [-0.4, -0.2) is 25.5 Å². The molecule has 0 aliphatic rings. The normalized spacial score (nSPS) is 11.3. The van der Waals surface area contributed by atoms with Gasteiger partial charge in [-0.3, -0.25) is 4.79 Å². The molecule has 0 bridgehead atoms. The van der Waals surface area contributed by atoms with Crippen molar-refractivity contribution in [3.63, 3.8) is 0 Å². The zero-order chi connectivity index (χ0) is 19.3. The molecule has 0 saturated carbocycles. The number of amides is 1. The molecular formula is C19H18Cl2NNaO4. The predicted molar refractivity (Wildman–Crippen MR) is 98.9 cm³/mol. The summed E-state index contributed by atoms with van der Waals surface area (Å²) >= 11 is 12.0. The van der Waals surface area contributed by atoms with Crippen LogP contribution in [0.4, 0.5) is 0 Å². The number of hydrogen-bond acceptors (Lipinski definition) is 4. The summed E-state index contributed by atoms with van der Waals surface area (Å²) in [6.07, 6.45) is 0.586. The van der Waals surface area contributed by atoms with Crippen LogP contribution in [0.5, 0.6) is 5.75 Å². The number of carbonyl (C=O) groups is 2. The molecule has 1 atom stereocenters. The molecule has 5 nitrogen and oxygen atoms in total. The van der Waals surface area contributed by atoms with E-state index in [1.807, 2.05) is 12.1 Å². The Balaban J connectivity index is 0.00000364. The number of ether oxygens (including phenoxy) is 1. The predicted octanol–water partition coefficient (Wildman–Crippen LogP) is -0.168. The van der Waals surface area contributed by atoms with Crippen molar-refractivity contribution in [1.29, 1.82) is 0 Å². The minimum absolute atomic E-state index is 0. The van der Waals surface area contributed by atoms with Crippen LogP contribution in [0.2, 0.25) is 10.0 Å². The van der Waals surface area contributed by atoms with Crippen LogP contribution in [0.1, 0.15) is 34.3 Å². The van der Waals surface area contributed by atoms with Crippen molar-refractivity contribution in [2.75, 3.05) is 13.7 Å². The summed E-state index contributed by atoms with van der Waals surface area (Å²) in [5.41, 5.74) is 1.91. The van der Waals surface area contributed by atoms with Gasteiger partial charge in [0, 0.05) is 23.5 Å². The number of carboxylic acids is 1. The minimum Gasteiger partial charge on any atom is -0.550 e. The van der Waals surface area contributed by atoms with E-state index in [1.54, 1.807) is 19.1 Å². The van der Waals surface area contributed by atoms with Gasteiger partial charge >= 0.3 is 29.6 Å². The number of aliphatic carboxylic acids is 1. The molecular weight excluding hydrogens is 400 g/mol. The van der Waals surface area contributed by atoms with Crippen LogP contribution in [0.3, 0.4) is 0 Å². The molecule has 0 fully saturated rings. The molecule has 0 heterocycles. The Morgan fingerprint density at radius 2 is 1.81 bits per heavy atom. The van der Waals surface area contributed by atoms with Crippen molar-refractivity contribution in [3.05, 3.63) is 63.1 Å². The molecule has 2 aromatic rings. The monoisotopic (exact) mass is 417 g/mol. The fourth-order valence-corrected chi connectivity index (χ4v) is 3.03. The van der Waals surface area contributed by atoms with Crippen LogP contribution in [0.15, 0.2) is 36.4 Å². The molecule has 0 spiro atoms. The first-order valence-electron chi connectivity index (χ1n) is 7.94. The first kappa shape index (κ1) is 23.8. The summed E-state index contributed by atoms with van der Waals surface area (Å²) in [5.74, 6) is -1.84. The maximum Gasteiger partial charge on any atom is 1.00 e. The van der Waals surface area contributed by atoms with Gasteiger partial charge in [0.15, 0.2) is 0 Å². The van der Waals surface area contributed by atoms with E-state index in [9.17, 15) is 14.7 Å². The number of carboxylic acid groups (broad SMARTS) is 1. The second-order valence-electron chi connectivity index (χ2n) is 5.76. The number of benzene rings is 2. The summed E-state index contributed by atoms with van der Waals surface area (Å²) in [5, 5.41) is 14.3. The van der Waals surface area contributed by atoms with Gasteiger partial charge in [0.05, 0.1) is 17.7 Å². The molecule has 27 heavy (non-hydrogen) atoms. The van der Waals surface area contributed by atoms with Gasteiger partial charge in [-0.1, -0.05) is 54.4 Å². The average molecular weight is 418 g/mol. The van der Waals surface area contributed by atoms with E-state index in [0.717, 1.165) is 5.56 Å². The van der Waals surface area contributed by atoms with Gasteiger partial charge in [0.2, 0.25) is 0 Å². The molecule has 1 unspecified atom stereocenters. The van der Waals surface area contributed by atoms with E-state index in [1.165, 1.54) is 19.2 Å². The number of halogens is 2. The third kappa shape index (κ3) is 6.40. The van der Waals surface area contributed by atoms with Gasteiger partial charge in [-0.25, -0.2) is 0 Å². The number of hydrogen-bond donors (Lipinski definition) is 1. The molecule has 0 aromatic heterocycles. The van der Waals surface area contributed by atoms with Crippen molar-refractivity contribution < 1.29 is 49.0 Å². The number of rotatable bonds is 7. The summed E-state index contributed by atoms with van der Waals surface area (Å²) in [6, 6.07) is 10.2. The second kappa shape index (κ2) is 10.9. The maximum absolute atomic E-state index is 12.4. The van der Waals surface area contributed by atoms with Gasteiger partial charge in [-0.15, -0.1) is 0 Å². The SMILES string of the molecule is COc1c(Cl)cc(Cl)cc1C(=O)NCCc1ccc(C(C)C(=O)[O-])cc1.[Na+]. The molecule has 2 rings (SSSR count). The Labute approximate surface area is 190 Å². The van der Waals surface area contributed by atoms with Crippen molar-refractivity contribution in [3.8, 4) is 5.75 Å². The van der Waals surface area contributed by atoms with Gasteiger partial charge < -0.3 is 20.0 Å². The molecule has 0 aliphatic heterocycles. The molecule has 8 heteroatoms. The molecule has 0 aliphatic carbocycles. The molecule has 0 saturated heterocycles. The number of nitrogens with one attached hydrogen (secondary N) is 1. The summed E-state index contributed by atoms with van der Waals surface area (Å²) in [4.78, 5) is 23.2. The second-order valence-corrected chi connectivity index (χ2v) is 6.60. The largest absolute Gasteiger partial charge is 1.00 e. The standard InChI is InChI=1S/C19H19Cl2NO4.Na/c1-11(19(24)25)13-5-3-12(4-6-13)7-8-22-18(23)15-9-14(20)10-16(21)17(15)26-2;/h3-6,9-11H,7-8H2,1-2H3,(H,22,23)(H,24,25);/q;+1/p-1. The zero-order valence-electron chi connectivity index (χ0n) is 15.3. The van der Waals surface area contributed by atoms with Gasteiger partial charge in [0.1, 0.15) is 5.75 Å². The van der Waals surface area contributed by atoms with Gasteiger partial charge in [-0.05, 0) is 29.7 Å².